The average molecular weight is 981 g/mol. The number of hydrogen-bond acceptors (Lipinski definition) is 8. The highest BCUT2D eigenvalue weighted by atomic mass is 16.6. The molecule has 12 heteroatoms. The van der Waals surface area contributed by atoms with Crippen LogP contribution in [0.2, 0.25) is 0 Å². The second-order valence-corrected chi connectivity index (χ2v) is 22.4. The van der Waals surface area contributed by atoms with E-state index in [9.17, 15) is 19.2 Å². The number of rotatable bonds is 12. The quantitative estimate of drug-likeness (QED) is 0.0902. The fourth-order valence-electron chi connectivity index (χ4n) is 8.28. The van der Waals surface area contributed by atoms with Gasteiger partial charge in [0.2, 0.25) is 0 Å². The maximum Gasteiger partial charge on any atom is 0.412 e. The number of amides is 4. The summed E-state index contributed by atoms with van der Waals surface area (Å²) in [6.45, 7) is 41.1. The van der Waals surface area contributed by atoms with Crippen LogP contribution >= 0.6 is 0 Å². The second-order valence-electron chi connectivity index (χ2n) is 22.4. The minimum absolute atomic E-state index is 0.142. The predicted molar refractivity (Wildman–Crippen MR) is 289 cm³/mol. The van der Waals surface area contributed by atoms with Crippen molar-refractivity contribution in [2.75, 3.05) is 26.2 Å². The van der Waals surface area contributed by atoms with Crippen molar-refractivity contribution < 1.29 is 38.1 Å². The highest BCUT2D eigenvalue weighted by Crippen LogP contribution is 2.44. The lowest BCUT2D eigenvalue weighted by Gasteiger charge is -2.28. The number of carbonyl (C=O) groups excluding carboxylic acids is 4. The molecule has 0 atom stereocenters. The largest absolute Gasteiger partial charge is 0.412 e. The van der Waals surface area contributed by atoms with Crippen molar-refractivity contribution in [3.63, 3.8) is 0 Å². The SMILES string of the molecule is C=CCNC(=O)Oc1c2cc(C(C)(C)C)cc1Cc1cc(C(C)(C)C)cc(c1OC(=O)NCC=C)Cc1cc(C(C)(C)C)cc(c1OC(=O)NCC=C)Cc1cc(C(C)(C)C)cc(c1OC(=O)NCC=C)C2. The van der Waals surface area contributed by atoms with Crippen molar-refractivity contribution in [1.82, 2.24) is 21.3 Å². The zero-order valence-electron chi connectivity index (χ0n) is 44.7. The van der Waals surface area contributed by atoms with E-state index in [-0.39, 0.29) is 51.9 Å². The molecule has 0 aromatic heterocycles. The summed E-state index contributed by atoms with van der Waals surface area (Å²) in [5.41, 5.74) is 7.34. The van der Waals surface area contributed by atoms with Gasteiger partial charge in [-0.25, -0.2) is 19.2 Å². The summed E-state index contributed by atoms with van der Waals surface area (Å²) in [7, 11) is 0. The van der Waals surface area contributed by atoms with Crippen molar-refractivity contribution in [3.8, 4) is 23.0 Å². The van der Waals surface area contributed by atoms with Crippen molar-refractivity contribution in [2.24, 2.45) is 0 Å². The molecule has 0 heterocycles. The monoisotopic (exact) mass is 981 g/mol. The van der Waals surface area contributed by atoms with Crippen LogP contribution in [0.15, 0.2) is 99.2 Å². The van der Waals surface area contributed by atoms with Crippen molar-refractivity contribution >= 4 is 24.4 Å². The zero-order chi connectivity index (χ0) is 53.3. The predicted octanol–water partition coefficient (Wildman–Crippen LogP) is 12.7. The Bertz CT molecular complexity index is 2270. The first-order valence-corrected chi connectivity index (χ1v) is 24.6. The average Bonchev–Trinajstić information content (AvgIpc) is 3.27. The summed E-state index contributed by atoms with van der Waals surface area (Å²) >= 11 is 0. The molecule has 0 saturated heterocycles. The molecule has 72 heavy (non-hydrogen) atoms. The van der Waals surface area contributed by atoms with E-state index in [4.69, 9.17) is 18.9 Å². The van der Waals surface area contributed by atoms with E-state index in [2.05, 4.69) is 131 Å². The molecular weight excluding hydrogens is 905 g/mol. The molecule has 0 radical (unpaired) electrons. The first kappa shape index (κ1) is 55.8. The van der Waals surface area contributed by atoms with E-state index < -0.39 is 46.0 Å². The fraction of sp³-hybridized carbons (Fsp3) is 0.400. The number of benzene rings is 4. The van der Waals surface area contributed by atoms with Gasteiger partial charge in [0.1, 0.15) is 23.0 Å². The Morgan fingerprint density at radius 3 is 0.639 bits per heavy atom. The number of ether oxygens (including phenoxy) is 4. The molecule has 4 amide bonds. The van der Waals surface area contributed by atoms with Gasteiger partial charge in [-0.1, -0.05) is 156 Å². The summed E-state index contributed by atoms with van der Waals surface area (Å²) in [4.78, 5) is 55.5. The van der Waals surface area contributed by atoms with Crippen molar-refractivity contribution in [3.05, 3.63) is 166 Å². The lowest BCUT2D eigenvalue weighted by atomic mass is 9.79. The molecule has 8 bridgehead atoms. The third-order valence-corrected chi connectivity index (χ3v) is 12.3. The van der Waals surface area contributed by atoms with Gasteiger partial charge in [-0.3, -0.25) is 0 Å². The smallest absolute Gasteiger partial charge is 0.410 e. The van der Waals surface area contributed by atoms with E-state index in [1.54, 1.807) is 24.3 Å². The van der Waals surface area contributed by atoms with Crippen LogP contribution in [0.1, 0.15) is 150 Å². The maximum absolute atomic E-state index is 13.9. The van der Waals surface area contributed by atoms with E-state index >= 15 is 0 Å². The molecule has 5 rings (SSSR count). The third-order valence-electron chi connectivity index (χ3n) is 12.3. The Kier molecular flexibility index (Phi) is 17.8. The highest BCUT2D eigenvalue weighted by molar-refractivity contribution is 5.76. The summed E-state index contributed by atoms with van der Waals surface area (Å²) < 4.78 is 25.7. The summed E-state index contributed by atoms with van der Waals surface area (Å²) in [5.74, 6) is 1.19. The van der Waals surface area contributed by atoms with Gasteiger partial charge in [0.05, 0.1) is 0 Å². The van der Waals surface area contributed by atoms with Crippen LogP contribution in [0.25, 0.3) is 0 Å². The Morgan fingerprint density at radius 2 is 0.514 bits per heavy atom. The number of hydrogen-bond donors (Lipinski definition) is 4. The fourth-order valence-corrected chi connectivity index (χ4v) is 8.28. The highest BCUT2D eigenvalue weighted by Gasteiger charge is 2.31. The molecule has 384 valence electrons. The van der Waals surface area contributed by atoms with Crippen molar-refractivity contribution in [2.45, 2.75) is 130 Å². The zero-order valence-corrected chi connectivity index (χ0v) is 44.7. The Morgan fingerprint density at radius 1 is 0.361 bits per heavy atom. The number of nitrogens with one attached hydrogen (secondary N) is 4. The van der Waals surface area contributed by atoms with Gasteiger partial charge in [0.25, 0.3) is 0 Å². The van der Waals surface area contributed by atoms with Crippen molar-refractivity contribution in [1.29, 1.82) is 0 Å². The van der Waals surface area contributed by atoms with Crippen LogP contribution in [-0.2, 0) is 47.3 Å². The van der Waals surface area contributed by atoms with Crippen LogP contribution in [0.3, 0.4) is 0 Å². The van der Waals surface area contributed by atoms with E-state index in [1.165, 1.54) is 0 Å². The minimum atomic E-state index is -0.693. The molecule has 0 unspecified atom stereocenters. The summed E-state index contributed by atoms with van der Waals surface area (Å²) in [5, 5.41) is 11.1. The third kappa shape index (κ3) is 14.5. The molecule has 0 aliphatic heterocycles. The van der Waals surface area contributed by atoms with Gasteiger partial charge in [-0.15, -0.1) is 26.3 Å². The van der Waals surface area contributed by atoms with E-state index in [0.29, 0.717) is 67.5 Å². The van der Waals surface area contributed by atoms with Gasteiger partial charge in [0.15, 0.2) is 0 Å². The Balaban J connectivity index is 2.08. The molecule has 0 fully saturated rings. The number of fused-ring (bicyclic) bond motifs is 8. The first-order chi connectivity index (χ1) is 33.7. The Hall–Kier alpha value is -7.08. The lowest BCUT2D eigenvalue weighted by Crippen LogP contribution is -2.29. The number of carbonyl (C=O) groups is 4. The van der Waals surface area contributed by atoms with Crippen LogP contribution in [0.4, 0.5) is 19.2 Å². The molecule has 1 aliphatic rings. The van der Waals surface area contributed by atoms with Gasteiger partial charge in [0, 0.05) is 96.4 Å². The molecule has 1 aliphatic carbocycles. The van der Waals surface area contributed by atoms with Gasteiger partial charge in [-0.2, -0.15) is 0 Å². The second kappa shape index (κ2) is 23.0. The van der Waals surface area contributed by atoms with Gasteiger partial charge >= 0.3 is 24.4 Å². The molecule has 4 aromatic carbocycles. The topological polar surface area (TPSA) is 153 Å². The Labute approximate surface area is 427 Å². The normalized spacial score (nSPS) is 12.6. The van der Waals surface area contributed by atoms with Crippen LogP contribution < -0.4 is 40.2 Å². The molecule has 0 saturated carbocycles. The molecule has 4 aromatic rings. The summed E-state index contributed by atoms with van der Waals surface area (Å²) in [6, 6.07) is 16.3. The van der Waals surface area contributed by atoms with Crippen LogP contribution in [-0.4, -0.2) is 50.6 Å². The van der Waals surface area contributed by atoms with E-state index in [1.807, 2.05) is 48.5 Å². The first-order valence-electron chi connectivity index (χ1n) is 24.6. The molecule has 0 spiro atoms. The lowest BCUT2D eigenvalue weighted by molar-refractivity contribution is 0.200. The summed E-state index contributed by atoms with van der Waals surface area (Å²) in [6.07, 6.45) is 4.08. The molecule has 12 nitrogen and oxygen atoms in total. The molecular formula is C60H76N4O8. The van der Waals surface area contributed by atoms with E-state index in [0.717, 1.165) is 22.3 Å². The van der Waals surface area contributed by atoms with Crippen LogP contribution in [0, 0.1) is 0 Å². The van der Waals surface area contributed by atoms with Gasteiger partial charge < -0.3 is 40.2 Å². The van der Waals surface area contributed by atoms with Gasteiger partial charge in [-0.05, 0) is 43.9 Å². The standard InChI is InChI=1S/C60H76N4O8/c1-17-21-61-53(65)69-49-37-25-39-31-46(58(8,9)10)33-41(50(39)70-54(66)62-22-18-2)27-43-35-48(60(14,15)16)36-44(52(43)72-56(68)64-24-20-4)28-42-34-47(59(11,12)13)32-40(51(42)71-55(67)63-23-19-3)26-38(49)30-45(29-37)57(5,6)7/h17-20,29-36H,1-4,21-28H2,5-16H3,(H,61,65)(H,62,66)(H,63,67)(H,64,68). The molecule has 4 N–H and O–H groups in total. The maximum atomic E-state index is 13.9. The van der Waals surface area contributed by atoms with Crippen LogP contribution in [0.5, 0.6) is 23.0 Å². The minimum Gasteiger partial charge on any atom is -0.410 e.